The number of carbonyl (C=O) groups is 2. The Morgan fingerprint density at radius 2 is 1.55 bits per heavy atom. The quantitative estimate of drug-likeness (QED) is 0.511. The monoisotopic (exact) mass is 433 g/mol. The lowest BCUT2D eigenvalue weighted by Crippen LogP contribution is -2.50. The Hall–Kier alpha value is -2.84. The molecule has 31 heavy (non-hydrogen) atoms. The largest absolute Gasteiger partial charge is 0.444 e. The van der Waals surface area contributed by atoms with Crippen LogP contribution in [0, 0.1) is 10.1 Å². The highest BCUT2D eigenvalue weighted by Gasteiger charge is 2.38. The third kappa shape index (κ3) is 5.45. The Kier molecular flexibility index (Phi) is 5.90. The summed E-state index contributed by atoms with van der Waals surface area (Å²) in [6, 6.07) is 3.15. The van der Waals surface area contributed by atoms with Crippen LogP contribution in [-0.4, -0.2) is 57.7 Å². The molecule has 1 fully saturated rings. The summed E-state index contributed by atoms with van der Waals surface area (Å²) >= 11 is 0. The summed E-state index contributed by atoms with van der Waals surface area (Å²) < 4.78 is 10.9. The van der Waals surface area contributed by atoms with Crippen LogP contribution in [0.1, 0.15) is 64.2 Å². The van der Waals surface area contributed by atoms with Crippen LogP contribution in [0.15, 0.2) is 12.1 Å². The molecule has 0 unspecified atom stereocenters. The lowest BCUT2D eigenvalue weighted by atomic mass is 9.83. The molecule has 9 nitrogen and oxygen atoms in total. The average Bonchev–Trinajstić information content (AvgIpc) is 2.56. The van der Waals surface area contributed by atoms with Crippen LogP contribution in [-0.2, 0) is 22.4 Å². The van der Waals surface area contributed by atoms with Gasteiger partial charge in [0.25, 0.3) is 5.69 Å². The molecule has 2 amide bonds. The van der Waals surface area contributed by atoms with E-state index in [9.17, 15) is 19.7 Å². The number of likely N-dealkylation sites (tertiary alicyclic amines) is 1. The van der Waals surface area contributed by atoms with Gasteiger partial charge in [0.2, 0.25) is 0 Å². The molecule has 1 aromatic carbocycles. The lowest BCUT2D eigenvalue weighted by molar-refractivity contribution is -0.385. The van der Waals surface area contributed by atoms with Crippen molar-refractivity contribution in [2.75, 3.05) is 19.6 Å². The number of carbonyl (C=O) groups excluding carboxylic acids is 2. The van der Waals surface area contributed by atoms with E-state index in [1.165, 1.54) is 0 Å². The van der Waals surface area contributed by atoms with Crippen molar-refractivity contribution in [3.63, 3.8) is 0 Å². The van der Waals surface area contributed by atoms with E-state index < -0.39 is 22.2 Å². The van der Waals surface area contributed by atoms with E-state index >= 15 is 0 Å². The van der Waals surface area contributed by atoms with Crippen LogP contribution in [0.5, 0.6) is 0 Å². The fourth-order valence-electron chi connectivity index (χ4n) is 3.82. The zero-order valence-corrected chi connectivity index (χ0v) is 19.1. The number of fused-ring (bicyclic) bond motifs is 1. The van der Waals surface area contributed by atoms with Crippen molar-refractivity contribution in [3.05, 3.63) is 38.9 Å². The van der Waals surface area contributed by atoms with Crippen LogP contribution in [0.4, 0.5) is 15.3 Å². The highest BCUT2D eigenvalue weighted by atomic mass is 16.6. The smallest absolute Gasteiger partial charge is 0.410 e. The van der Waals surface area contributed by atoms with E-state index in [2.05, 4.69) is 0 Å². The third-order valence-corrected chi connectivity index (χ3v) is 5.19. The van der Waals surface area contributed by atoms with Crippen molar-refractivity contribution in [1.29, 1.82) is 0 Å². The highest BCUT2D eigenvalue weighted by Crippen LogP contribution is 2.37. The van der Waals surface area contributed by atoms with E-state index in [1.54, 1.807) is 42.7 Å². The second-order valence-electron chi connectivity index (χ2n) is 10.2. The number of non-ortho nitro benzene ring substituents is 1. The summed E-state index contributed by atoms with van der Waals surface area (Å²) in [4.78, 5) is 39.0. The van der Waals surface area contributed by atoms with Crippen molar-refractivity contribution in [2.45, 2.75) is 71.6 Å². The molecular formula is C22H31N3O6. The molecule has 0 aliphatic carbocycles. The Bertz CT molecular complexity index is 894. The van der Waals surface area contributed by atoms with Gasteiger partial charge in [0.15, 0.2) is 0 Å². The molecule has 9 heteroatoms. The minimum atomic E-state index is -0.609. The zero-order chi connectivity index (χ0) is 23.1. The molecule has 2 heterocycles. The van der Waals surface area contributed by atoms with E-state index in [0.29, 0.717) is 26.1 Å². The van der Waals surface area contributed by atoms with Gasteiger partial charge in [-0.2, -0.15) is 0 Å². The topological polar surface area (TPSA) is 102 Å². The molecular weight excluding hydrogens is 402 g/mol. The minimum Gasteiger partial charge on any atom is -0.444 e. The first-order valence-corrected chi connectivity index (χ1v) is 10.5. The van der Waals surface area contributed by atoms with E-state index in [-0.39, 0.29) is 24.2 Å². The first kappa shape index (κ1) is 22.8. The molecule has 0 bridgehead atoms. The number of hydrogen-bond acceptors (Lipinski definition) is 6. The second-order valence-corrected chi connectivity index (χ2v) is 10.2. The van der Waals surface area contributed by atoms with E-state index in [1.807, 2.05) is 20.8 Å². The van der Waals surface area contributed by atoms with Crippen molar-refractivity contribution in [1.82, 2.24) is 9.80 Å². The first-order valence-electron chi connectivity index (χ1n) is 10.5. The molecule has 3 rings (SSSR count). The summed E-state index contributed by atoms with van der Waals surface area (Å²) in [6.45, 7) is 12.5. The maximum Gasteiger partial charge on any atom is 0.410 e. The van der Waals surface area contributed by atoms with Crippen molar-refractivity contribution >= 4 is 17.9 Å². The van der Waals surface area contributed by atoms with Crippen LogP contribution in [0.3, 0.4) is 0 Å². The molecule has 0 spiro atoms. The third-order valence-electron chi connectivity index (χ3n) is 5.19. The number of rotatable bonds is 2. The average molecular weight is 434 g/mol. The molecule has 0 N–H and O–H groups in total. The van der Waals surface area contributed by atoms with Gasteiger partial charge >= 0.3 is 12.2 Å². The first-order chi connectivity index (χ1) is 14.2. The molecule has 2 aliphatic heterocycles. The van der Waals surface area contributed by atoms with Gasteiger partial charge in [-0.3, -0.25) is 10.1 Å². The molecule has 2 aliphatic rings. The van der Waals surface area contributed by atoms with Crippen LogP contribution < -0.4 is 0 Å². The molecule has 170 valence electrons. The number of nitro groups is 1. The summed E-state index contributed by atoms with van der Waals surface area (Å²) in [5, 5.41) is 11.5. The van der Waals surface area contributed by atoms with E-state index in [4.69, 9.17) is 9.47 Å². The SMILES string of the molecule is CC(C)(C)OC(=O)N1CCc2c(cc([N+](=O)[O-])cc2C2CN(C(=O)OC(C)(C)C)C2)C1. The number of ether oxygens (including phenoxy) is 2. The molecule has 0 saturated carbocycles. The van der Waals surface area contributed by atoms with Gasteiger partial charge in [-0.05, 0) is 64.7 Å². The zero-order valence-electron chi connectivity index (χ0n) is 19.1. The van der Waals surface area contributed by atoms with Gasteiger partial charge in [0, 0.05) is 44.2 Å². The number of hydrogen-bond donors (Lipinski definition) is 0. The van der Waals surface area contributed by atoms with Gasteiger partial charge in [0.1, 0.15) is 11.2 Å². The standard InChI is InChI=1S/C22H31N3O6/c1-21(2,3)30-19(26)23-8-7-17-14(11-23)9-16(25(28)29)10-18(17)15-12-24(13-15)20(27)31-22(4,5)6/h9-10,15H,7-8,11-13H2,1-6H3. The predicted molar refractivity (Wildman–Crippen MR) is 114 cm³/mol. The normalized spacial score (nSPS) is 17.0. The molecule has 1 saturated heterocycles. The summed E-state index contributed by atoms with van der Waals surface area (Å²) in [5.41, 5.74) is 1.49. The molecule has 0 aromatic heterocycles. The van der Waals surface area contributed by atoms with Gasteiger partial charge < -0.3 is 19.3 Å². The maximum absolute atomic E-state index is 12.5. The van der Waals surface area contributed by atoms with Crippen LogP contribution >= 0.6 is 0 Å². The number of benzene rings is 1. The molecule has 1 aromatic rings. The van der Waals surface area contributed by atoms with Crippen LogP contribution in [0.25, 0.3) is 0 Å². The Morgan fingerprint density at radius 3 is 2.06 bits per heavy atom. The highest BCUT2D eigenvalue weighted by molar-refractivity contribution is 5.70. The summed E-state index contributed by atoms with van der Waals surface area (Å²) in [7, 11) is 0. The van der Waals surface area contributed by atoms with Gasteiger partial charge in [-0.25, -0.2) is 9.59 Å². The molecule has 0 radical (unpaired) electrons. The summed E-state index contributed by atoms with van der Waals surface area (Å²) in [5.74, 6) is 0.00856. The Labute approximate surface area is 182 Å². The number of nitro benzene ring substituents is 1. The van der Waals surface area contributed by atoms with Crippen LogP contribution in [0.2, 0.25) is 0 Å². The fraction of sp³-hybridized carbons (Fsp3) is 0.636. The Morgan fingerprint density at radius 1 is 1.00 bits per heavy atom. The van der Waals surface area contributed by atoms with Crippen molar-refractivity contribution in [2.24, 2.45) is 0 Å². The maximum atomic E-state index is 12.5. The van der Waals surface area contributed by atoms with Gasteiger partial charge in [-0.1, -0.05) is 0 Å². The second kappa shape index (κ2) is 8.01. The molecule has 0 atom stereocenters. The summed E-state index contributed by atoms with van der Waals surface area (Å²) in [6.07, 6.45) is -0.213. The lowest BCUT2D eigenvalue weighted by Gasteiger charge is -2.41. The van der Waals surface area contributed by atoms with Crippen molar-refractivity contribution in [3.8, 4) is 0 Å². The van der Waals surface area contributed by atoms with Crippen molar-refractivity contribution < 1.29 is 24.0 Å². The van der Waals surface area contributed by atoms with E-state index in [0.717, 1.165) is 16.7 Å². The Balaban J connectivity index is 1.79. The van der Waals surface area contributed by atoms with Gasteiger partial charge in [0.05, 0.1) is 4.92 Å². The number of nitrogens with zero attached hydrogens (tertiary/aromatic N) is 3. The fourth-order valence-corrected chi connectivity index (χ4v) is 3.82. The predicted octanol–water partition coefficient (Wildman–Crippen LogP) is 4.22. The van der Waals surface area contributed by atoms with Gasteiger partial charge in [-0.15, -0.1) is 0 Å². The number of amides is 2. The minimum absolute atomic E-state index is 0.00416.